The van der Waals surface area contributed by atoms with Crippen LogP contribution in [-0.2, 0) is 0 Å². The van der Waals surface area contributed by atoms with Gasteiger partial charge in [0.05, 0.1) is 91.2 Å². The minimum Gasteiger partial charge on any atom is -0.493 e. The van der Waals surface area contributed by atoms with Gasteiger partial charge >= 0.3 is 0 Å². The van der Waals surface area contributed by atoms with Gasteiger partial charge in [-0.15, -0.1) is 0 Å². The topological polar surface area (TPSA) is 165 Å². The van der Waals surface area contributed by atoms with Gasteiger partial charge in [0, 0.05) is 7.85 Å². The molecule has 0 saturated carbocycles. The third-order valence-corrected chi connectivity index (χ3v) is 16.3. The van der Waals surface area contributed by atoms with Crippen LogP contribution in [0.2, 0.25) is 0 Å². The summed E-state index contributed by atoms with van der Waals surface area (Å²) in [6.07, 6.45) is 13.3. The maximum absolute atomic E-state index is 11.0. The molecule has 0 radical (unpaired) electrons. The van der Waals surface area contributed by atoms with E-state index in [1.165, 1.54) is 0 Å². The van der Waals surface area contributed by atoms with E-state index in [4.69, 9.17) is 23.7 Å². The Labute approximate surface area is 501 Å². The Morgan fingerprint density at radius 2 is 0.512 bits per heavy atom. The Morgan fingerprint density at radius 1 is 0.312 bits per heavy atom. The van der Waals surface area contributed by atoms with Crippen LogP contribution in [0.5, 0.6) is 28.7 Å². The molecule has 0 amide bonds. The first-order valence-electron chi connectivity index (χ1n) is 27.4. The Bertz CT molecular complexity index is 2870. The zero-order valence-corrected chi connectivity index (χ0v) is 51.4. The van der Waals surface area contributed by atoms with Gasteiger partial charge in [0.2, 0.25) is 0 Å². The maximum Gasteiger partial charge on any atom is 0.120 e. The molecule has 5 atom stereocenters. The van der Waals surface area contributed by atoms with Gasteiger partial charge in [0.15, 0.2) is 0 Å². The molecule has 5 aromatic rings. The summed E-state index contributed by atoms with van der Waals surface area (Å²) in [6.45, 7) is 19.0. The van der Waals surface area contributed by atoms with Gasteiger partial charge in [-0.1, -0.05) is 120 Å². The summed E-state index contributed by atoms with van der Waals surface area (Å²) in [5.74, 6) is 3.36. The highest BCUT2D eigenvalue weighted by atomic mass is 127. The fourth-order valence-corrected chi connectivity index (χ4v) is 8.49. The number of nitrogens with zero attached hydrogens (tertiary/aromatic N) is 5. The van der Waals surface area contributed by atoms with Crippen molar-refractivity contribution in [3.63, 3.8) is 0 Å². The van der Waals surface area contributed by atoms with Crippen LogP contribution in [0, 0.1) is 74.4 Å². The maximum atomic E-state index is 11.0. The van der Waals surface area contributed by atoms with Crippen LogP contribution >= 0.6 is 45.2 Å². The molecule has 1 aliphatic rings. The first-order chi connectivity index (χ1) is 38.6. The van der Waals surface area contributed by atoms with Crippen LogP contribution in [0.3, 0.4) is 0 Å². The van der Waals surface area contributed by atoms with Crippen molar-refractivity contribution in [3.8, 4) is 59.1 Å². The molecule has 0 spiro atoms. The molecule has 5 aromatic carbocycles. The molecule has 12 heteroatoms. The average Bonchev–Trinajstić information content (AvgIpc) is 3.48. The zero-order chi connectivity index (χ0) is 57.7. The number of alkyl halides is 2. The second kappa shape index (κ2) is 30.9. The lowest BCUT2D eigenvalue weighted by molar-refractivity contribution is 0.256. The average molecular weight is 1290 g/mol. The van der Waals surface area contributed by atoms with E-state index in [0.717, 1.165) is 32.1 Å². The van der Waals surface area contributed by atoms with Gasteiger partial charge in [-0.25, -0.2) is 0 Å². The molecule has 0 saturated heterocycles. The lowest BCUT2D eigenvalue weighted by Crippen LogP contribution is -2.09. The summed E-state index contributed by atoms with van der Waals surface area (Å²) in [6, 6.07) is 39.9. The van der Waals surface area contributed by atoms with Crippen LogP contribution in [0.25, 0.3) is 58.2 Å². The predicted molar refractivity (Wildman–Crippen MR) is 342 cm³/mol. The van der Waals surface area contributed by atoms with Crippen molar-refractivity contribution in [2.24, 2.45) is 17.8 Å². The molecule has 0 heterocycles. The van der Waals surface area contributed by atoms with Gasteiger partial charge < -0.3 is 23.7 Å². The molecule has 410 valence electrons. The number of benzene rings is 5. The Balaban J connectivity index is 1.73. The van der Waals surface area contributed by atoms with E-state index in [0.29, 0.717) is 145 Å². The number of rotatable bonds is 20. The fourth-order valence-electron chi connectivity index (χ4n) is 8.13. The fraction of sp³-hybridized carbons (Fsp3) is 0.338. The van der Waals surface area contributed by atoms with Crippen LogP contribution in [0.4, 0.5) is 0 Å². The standard InChI is InChI=1S/C68H69I2N5O5/c1-9-44(6)39-76-64-24-47-14-53(30-64)58(35-72)22-50-17-56(33-67(27-50)79-42-62(69)12-4)61(38-75)21-49-16-54(31-66(26-49)78-41-46(8)11-3)59(36-73)23-51-18-55(32-68(28-51)80-43-63(70)13-5)60(37-74)20-48-15-52(57(19-47)34-71)29-65(25-48)77-40-45(7)10-2/h14-33,44-46,62-63H,9-13,39-43H2,1-8H3/b57-19?,58-22+,59-23+,60-20+,61-21+/t44-,45-,46-,62-,63-/m0/s1. The molecule has 0 aromatic heterocycles. The van der Waals surface area contributed by atoms with E-state index in [2.05, 4.69) is 131 Å². The van der Waals surface area contributed by atoms with Crippen molar-refractivity contribution in [1.82, 2.24) is 0 Å². The molecule has 1 aliphatic carbocycles. The molecule has 0 unspecified atom stereocenters. The van der Waals surface area contributed by atoms with Crippen LogP contribution in [0.15, 0.2) is 91.0 Å². The van der Waals surface area contributed by atoms with E-state index in [9.17, 15) is 26.3 Å². The van der Waals surface area contributed by atoms with Crippen molar-refractivity contribution in [3.05, 3.63) is 147 Å². The number of nitriles is 5. The summed E-state index contributed by atoms with van der Waals surface area (Å²) in [7, 11) is 0. The van der Waals surface area contributed by atoms with Crippen molar-refractivity contribution in [1.29, 1.82) is 26.3 Å². The van der Waals surface area contributed by atoms with E-state index < -0.39 is 0 Å². The predicted octanol–water partition coefficient (Wildman–Crippen LogP) is 17.8. The molecule has 6 rings (SSSR count). The molecule has 0 N–H and O–H groups in total. The first-order valence-corrected chi connectivity index (χ1v) is 29.9. The first kappa shape index (κ1) is 61.9. The number of halogens is 2. The number of fused-ring (bicyclic) bond motifs is 10. The van der Waals surface area contributed by atoms with Crippen LogP contribution in [-0.4, -0.2) is 40.9 Å². The summed E-state index contributed by atoms with van der Waals surface area (Å²) in [5, 5.41) is 55.0. The van der Waals surface area contributed by atoms with E-state index in [-0.39, 0.29) is 25.6 Å². The highest BCUT2D eigenvalue weighted by molar-refractivity contribution is 14.1. The van der Waals surface area contributed by atoms with Gasteiger partial charge in [0.25, 0.3) is 0 Å². The largest absolute Gasteiger partial charge is 0.493 e. The van der Waals surface area contributed by atoms with E-state index in [1.807, 2.05) is 91.0 Å². The lowest BCUT2D eigenvalue weighted by atomic mass is 9.96. The molecule has 0 aliphatic heterocycles. The molecule has 0 fully saturated rings. The van der Waals surface area contributed by atoms with Gasteiger partial charge in [-0.05, 0) is 208 Å². The number of hydrogen-bond acceptors (Lipinski definition) is 10. The second-order valence-corrected chi connectivity index (χ2v) is 23.9. The quantitative estimate of drug-likeness (QED) is 0.0541. The number of allylic oxidation sites excluding steroid dienone is 5. The smallest absolute Gasteiger partial charge is 0.120 e. The van der Waals surface area contributed by atoms with E-state index in [1.54, 1.807) is 30.4 Å². The van der Waals surface area contributed by atoms with Crippen LogP contribution < -0.4 is 23.7 Å². The monoisotopic (exact) mass is 1290 g/mol. The second-order valence-electron chi connectivity index (χ2n) is 20.4. The zero-order valence-electron chi connectivity index (χ0n) is 47.0. The summed E-state index contributed by atoms with van der Waals surface area (Å²) in [5.41, 5.74) is 7.38. The Morgan fingerprint density at radius 3 is 0.688 bits per heavy atom. The summed E-state index contributed by atoms with van der Waals surface area (Å²) >= 11 is 4.73. The molecular weight excluding hydrogens is 1220 g/mol. The number of hydrogen-bond donors (Lipinski definition) is 0. The van der Waals surface area contributed by atoms with Gasteiger partial charge in [-0.2, -0.15) is 26.3 Å². The minimum atomic E-state index is 0.221. The van der Waals surface area contributed by atoms with E-state index >= 15 is 0 Å². The summed E-state index contributed by atoms with van der Waals surface area (Å²) in [4.78, 5) is 0. The van der Waals surface area contributed by atoms with Crippen molar-refractivity contribution >= 4 is 103 Å². The summed E-state index contributed by atoms with van der Waals surface area (Å²) < 4.78 is 32.5. The lowest BCUT2D eigenvalue weighted by Gasteiger charge is -2.15. The Kier molecular flexibility index (Phi) is 23.9. The van der Waals surface area contributed by atoms with Crippen molar-refractivity contribution in [2.75, 3.05) is 33.0 Å². The highest BCUT2D eigenvalue weighted by Crippen LogP contribution is 2.36. The SMILES string of the molecule is CC[C@H](C)COc1cc2cc(c1)C(C#N)=Cc1cc(OC[C@@H](C)CC)cc(c1)/C(C#N)=C/c1cc(OC[C@@H](I)CC)cc(c1)/C(C#N)=C/c1cc(OC[C@@H](C)CC)cc(c1)/C(C#N)=C/c1cc(OC[C@@H](I)CC)cc(c1)/C(C#N)=C/2. The van der Waals surface area contributed by atoms with Crippen LogP contribution in [0.1, 0.15) is 143 Å². The van der Waals surface area contributed by atoms with Crippen molar-refractivity contribution < 1.29 is 23.7 Å². The Hall–Kier alpha value is -7.29. The highest BCUT2D eigenvalue weighted by Gasteiger charge is 2.17. The normalized spacial score (nSPS) is 16.8. The third kappa shape index (κ3) is 18.1. The molecule has 80 heavy (non-hydrogen) atoms. The molecule has 10 nitrogen and oxygen atoms in total. The van der Waals surface area contributed by atoms with Gasteiger partial charge in [0.1, 0.15) is 28.7 Å². The minimum absolute atomic E-state index is 0.221. The van der Waals surface area contributed by atoms with Gasteiger partial charge in [-0.3, -0.25) is 0 Å². The third-order valence-electron chi connectivity index (χ3n) is 13.8. The van der Waals surface area contributed by atoms with Crippen molar-refractivity contribution in [2.45, 2.75) is 95.3 Å². The number of ether oxygens (including phenoxy) is 5. The molecular formula is C68H69I2N5O5. The molecule has 10 bridgehead atoms.